The zero-order valence-corrected chi connectivity index (χ0v) is 15.1. The van der Waals surface area contributed by atoms with Gasteiger partial charge in [-0.1, -0.05) is 25.6 Å². The Hall–Kier alpha value is -2.22. The van der Waals surface area contributed by atoms with Crippen molar-refractivity contribution in [2.75, 3.05) is 17.8 Å². The number of ether oxygens (including phenoxy) is 1. The number of hydrogen-bond donors (Lipinski definition) is 2. The van der Waals surface area contributed by atoms with Gasteiger partial charge in [-0.15, -0.1) is 10.2 Å². The van der Waals surface area contributed by atoms with Gasteiger partial charge in [-0.05, 0) is 38.1 Å². The molecule has 1 aromatic heterocycles. The number of benzene rings is 1. The van der Waals surface area contributed by atoms with Crippen LogP contribution in [-0.4, -0.2) is 32.6 Å². The van der Waals surface area contributed by atoms with Crippen molar-refractivity contribution in [3.8, 4) is 5.75 Å². The third kappa shape index (κ3) is 4.41. The average molecular weight is 349 g/mol. The number of amides is 1. The van der Waals surface area contributed by atoms with Crippen LogP contribution in [-0.2, 0) is 4.79 Å². The van der Waals surface area contributed by atoms with E-state index in [9.17, 15) is 4.79 Å². The molecule has 0 aliphatic rings. The number of carbonyl (C=O) groups is 1. The largest absolute Gasteiger partial charge is 0.494 e. The van der Waals surface area contributed by atoms with E-state index in [2.05, 4.69) is 15.5 Å². The number of nitrogens with one attached hydrogen (secondary N) is 1. The lowest BCUT2D eigenvalue weighted by Gasteiger charge is -2.12. The molecule has 1 aromatic carbocycles. The van der Waals surface area contributed by atoms with Crippen LogP contribution < -0.4 is 15.9 Å². The Morgan fingerprint density at radius 3 is 2.50 bits per heavy atom. The van der Waals surface area contributed by atoms with Crippen molar-refractivity contribution in [2.24, 2.45) is 0 Å². The minimum absolute atomic E-state index is 0.127. The normalized spacial score (nSPS) is 12.2. The van der Waals surface area contributed by atoms with Gasteiger partial charge in [0, 0.05) is 11.6 Å². The zero-order valence-electron chi connectivity index (χ0n) is 14.3. The van der Waals surface area contributed by atoms with Gasteiger partial charge in [-0.3, -0.25) is 4.79 Å². The maximum absolute atomic E-state index is 12.3. The lowest BCUT2D eigenvalue weighted by atomic mass is 10.2. The van der Waals surface area contributed by atoms with Crippen LogP contribution in [0.15, 0.2) is 29.4 Å². The van der Waals surface area contributed by atoms with Gasteiger partial charge in [0.05, 0.1) is 11.9 Å². The predicted octanol–water partition coefficient (Wildman–Crippen LogP) is 2.63. The van der Waals surface area contributed by atoms with Crippen molar-refractivity contribution in [1.82, 2.24) is 14.9 Å². The quantitative estimate of drug-likeness (QED) is 0.589. The minimum atomic E-state index is -0.358. The number of anilines is 1. The second-order valence-corrected chi connectivity index (χ2v) is 6.88. The molecule has 0 bridgehead atoms. The Kier molecular flexibility index (Phi) is 6.08. The fourth-order valence-corrected chi connectivity index (χ4v) is 2.80. The lowest BCUT2D eigenvalue weighted by Crippen LogP contribution is -2.24. The van der Waals surface area contributed by atoms with E-state index in [0.717, 1.165) is 5.75 Å². The Labute approximate surface area is 145 Å². The smallest absolute Gasteiger partial charge is 0.237 e. The number of nitrogen functional groups attached to an aromatic ring is 1. The predicted molar refractivity (Wildman–Crippen MR) is 95.8 cm³/mol. The molecular weight excluding hydrogens is 326 g/mol. The molecule has 0 fully saturated rings. The van der Waals surface area contributed by atoms with E-state index >= 15 is 0 Å². The molecule has 0 spiro atoms. The zero-order chi connectivity index (χ0) is 17.7. The van der Waals surface area contributed by atoms with E-state index in [0.29, 0.717) is 23.3 Å². The second kappa shape index (κ2) is 8.05. The highest BCUT2D eigenvalue weighted by molar-refractivity contribution is 8.00. The van der Waals surface area contributed by atoms with Crippen molar-refractivity contribution in [3.05, 3.63) is 30.1 Å². The van der Waals surface area contributed by atoms with Crippen LogP contribution in [0.5, 0.6) is 5.75 Å². The SMILES string of the molecule is CCOc1ccc(NC(=O)[C@@H](C)Sc2nnc(C(C)C)n2N)cc1. The maximum Gasteiger partial charge on any atom is 0.237 e. The fourth-order valence-electron chi connectivity index (χ4n) is 2.02. The summed E-state index contributed by atoms with van der Waals surface area (Å²) >= 11 is 1.27. The monoisotopic (exact) mass is 349 g/mol. The molecule has 8 heteroatoms. The highest BCUT2D eigenvalue weighted by Crippen LogP contribution is 2.24. The first-order valence-corrected chi connectivity index (χ1v) is 8.71. The molecule has 0 saturated carbocycles. The summed E-state index contributed by atoms with van der Waals surface area (Å²) in [6, 6.07) is 7.26. The molecular formula is C16H23N5O2S. The number of nitrogens with zero attached hydrogens (tertiary/aromatic N) is 3. The van der Waals surface area contributed by atoms with Crippen LogP contribution in [0.4, 0.5) is 5.69 Å². The molecule has 0 saturated heterocycles. The molecule has 130 valence electrons. The molecule has 2 aromatic rings. The van der Waals surface area contributed by atoms with Crippen molar-refractivity contribution in [2.45, 2.75) is 44.0 Å². The molecule has 2 rings (SSSR count). The molecule has 0 aliphatic heterocycles. The van der Waals surface area contributed by atoms with Crippen LogP contribution in [0.3, 0.4) is 0 Å². The summed E-state index contributed by atoms with van der Waals surface area (Å²) in [4.78, 5) is 12.3. The summed E-state index contributed by atoms with van der Waals surface area (Å²) in [7, 11) is 0. The third-order valence-electron chi connectivity index (χ3n) is 3.29. The van der Waals surface area contributed by atoms with E-state index in [4.69, 9.17) is 10.6 Å². The molecule has 1 atom stereocenters. The summed E-state index contributed by atoms with van der Waals surface area (Å²) in [5.41, 5.74) is 0.716. The van der Waals surface area contributed by atoms with Crippen molar-refractivity contribution < 1.29 is 9.53 Å². The van der Waals surface area contributed by atoms with E-state index in [1.54, 1.807) is 6.92 Å². The Bertz CT molecular complexity index is 684. The van der Waals surface area contributed by atoms with E-state index in [-0.39, 0.29) is 17.1 Å². The van der Waals surface area contributed by atoms with Crippen LogP contribution in [0.25, 0.3) is 0 Å². The van der Waals surface area contributed by atoms with E-state index < -0.39 is 0 Å². The summed E-state index contributed by atoms with van der Waals surface area (Å²) in [6.07, 6.45) is 0. The third-order valence-corrected chi connectivity index (χ3v) is 4.35. The lowest BCUT2D eigenvalue weighted by molar-refractivity contribution is -0.115. The maximum atomic E-state index is 12.3. The topological polar surface area (TPSA) is 95.1 Å². The second-order valence-electron chi connectivity index (χ2n) is 5.57. The molecule has 0 unspecified atom stereocenters. The van der Waals surface area contributed by atoms with Gasteiger partial charge in [0.25, 0.3) is 0 Å². The number of rotatable bonds is 7. The molecule has 7 nitrogen and oxygen atoms in total. The van der Waals surface area contributed by atoms with Gasteiger partial charge in [0.1, 0.15) is 5.75 Å². The Balaban J connectivity index is 1.97. The summed E-state index contributed by atoms with van der Waals surface area (Å²) in [6.45, 7) is 8.32. The molecule has 1 heterocycles. The van der Waals surface area contributed by atoms with E-state index in [1.165, 1.54) is 16.4 Å². The highest BCUT2D eigenvalue weighted by atomic mass is 32.2. The van der Waals surface area contributed by atoms with Gasteiger partial charge in [0.15, 0.2) is 5.82 Å². The van der Waals surface area contributed by atoms with Crippen molar-refractivity contribution >= 4 is 23.4 Å². The minimum Gasteiger partial charge on any atom is -0.494 e. The van der Waals surface area contributed by atoms with Crippen molar-refractivity contribution in [3.63, 3.8) is 0 Å². The molecule has 3 N–H and O–H groups in total. The summed E-state index contributed by atoms with van der Waals surface area (Å²) in [5.74, 6) is 7.48. The van der Waals surface area contributed by atoms with E-state index in [1.807, 2.05) is 45.0 Å². The highest BCUT2D eigenvalue weighted by Gasteiger charge is 2.20. The first kappa shape index (κ1) is 18.1. The number of thioether (sulfide) groups is 1. The molecule has 0 aliphatic carbocycles. The first-order chi connectivity index (χ1) is 11.4. The van der Waals surface area contributed by atoms with Crippen molar-refractivity contribution in [1.29, 1.82) is 0 Å². The molecule has 24 heavy (non-hydrogen) atoms. The molecule has 1 amide bonds. The summed E-state index contributed by atoms with van der Waals surface area (Å²) < 4.78 is 6.82. The van der Waals surface area contributed by atoms with Gasteiger partial charge >= 0.3 is 0 Å². The number of aromatic nitrogens is 3. The van der Waals surface area contributed by atoms with Crippen LogP contribution >= 0.6 is 11.8 Å². The fraction of sp³-hybridized carbons (Fsp3) is 0.438. The molecule has 0 radical (unpaired) electrons. The van der Waals surface area contributed by atoms with Crippen LogP contribution in [0.1, 0.15) is 39.4 Å². The number of carbonyl (C=O) groups excluding carboxylic acids is 1. The van der Waals surface area contributed by atoms with Crippen LogP contribution in [0, 0.1) is 0 Å². The van der Waals surface area contributed by atoms with Gasteiger partial charge in [-0.25, -0.2) is 4.68 Å². The Morgan fingerprint density at radius 1 is 1.29 bits per heavy atom. The Morgan fingerprint density at radius 2 is 1.96 bits per heavy atom. The summed E-state index contributed by atoms with van der Waals surface area (Å²) in [5, 5.41) is 11.1. The van der Waals surface area contributed by atoms with Gasteiger partial charge in [0.2, 0.25) is 11.1 Å². The average Bonchev–Trinajstić information content (AvgIpc) is 2.90. The standard InChI is InChI=1S/C16H23N5O2S/c1-5-23-13-8-6-12(7-9-13)18-15(22)11(4)24-16-20-19-14(10(2)3)21(16)17/h6-11H,5,17H2,1-4H3,(H,18,22)/t11-/m1/s1. The van der Waals surface area contributed by atoms with Crippen LogP contribution in [0.2, 0.25) is 0 Å². The van der Waals surface area contributed by atoms with Gasteiger partial charge < -0.3 is 15.9 Å². The number of hydrogen-bond acceptors (Lipinski definition) is 6. The number of nitrogens with two attached hydrogens (primary N) is 1. The first-order valence-electron chi connectivity index (χ1n) is 7.83. The van der Waals surface area contributed by atoms with Gasteiger partial charge in [-0.2, -0.15) is 0 Å².